The van der Waals surface area contributed by atoms with E-state index in [0.717, 1.165) is 19.4 Å². The Morgan fingerprint density at radius 1 is 0.760 bits per heavy atom. The van der Waals surface area contributed by atoms with E-state index in [9.17, 15) is 4.79 Å². The highest BCUT2D eigenvalue weighted by Crippen LogP contribution is 1.88. The van der Waals surface area contributed by atoms with Crippen molar-refractivity contribution in [1.82, 2.24) is 5.32 Å². The van der Waals surface area contributed by atoms with Gasteiger partial charge in [-0.15, -0.1) is 0 Å². The van der Waals surface area contributed by atoms with E-state index in [-0.39, 0.29) is 5.91 Å². The topological polar surface area (TPSA) is 101 Å². The third kappa shape index (κ3) is 21.2. The Bertz CT molecular complexity index is 282. The molecule has 0 fully saturated rings. The average molecular weight is 364 g/mol. The molecule has 3 N–H and O–H groups in total. The minimum absolute atomic E-state index is 0.0379. The summed E-state index contributed by atoms with van der Waals surface area (Å²) in [7, 11) is 0. The van der Waals surface area contributed by atoms with Gasteiger partial charge in [0, 0.05) is 19.5 Å². The van der Waals surface area contributed by atoms with Crippen LogP contribution >= 0.6 is 0 Å². The van der Waals surface area contributed by atoms with Crippen molar-refractivity contribution in [3.63, 3.8) is 0 Å². The molecule has 25 heavy (non-hydrogen) atoms. The van der Waals surface area contributed by atoms with Gasteiger partial charge in [0.1, 0.15) is 0 Å². The lowest BCUT2D eigenvalue weighted by Crippen LogP contribution is -2.25. The number of rotatable bonds is 20. The molecule has 0 aliphatic rings. The Morgan fingerprint density at radius 3 is 1.64 bits per heavy atom. The van der Waals surface area contributed by atoms with Crippen LogP contribution in [0, 0.1) is 0 Å². The summed E-state index contributed by atoms with van der Waals surface area (Å²) in [5, 5.41) is 2.85. The lowest BCUT2D eigenvalue weighted by Gasteiger charge is -2.08. The molecule has 1 amide bonds. The Hall–Kier alpha value is -0.770. The zero-order valence-electron chi connectivity index (χ0n) is 15.6. The number of ether oxygens (including phenoxy) is 5. The summed E-state index contributed by atoms with van der Waals surface area (Å²) in [4.78, 5) is 11.4. The Kier molecular flexibility index (Phi) is 20.6. The molecule has 0 saturated heterocycles. The van der Waals surface area contributed by atoms with Crippen molar-refractivity contribution in [3.05, 3.63) is 0 Å². The van der Waals surface area contributed by atoms with Gasteiger partial charge in [-0.2, -0.15) is 0 Å². The van der Waals surface area contributed by atoms with E-state index in [1.165, 1.54) is 0 Å². The van der Waals surface area contributed by atoms with Crippen molar-refractivity contribution in [2.45, 2.75) is 26.2 Å². The summed E-state index contributed by atoms with van der Waals surface area (Å²) in [6.07, 6.45) is 2.48. The third-order valence-electron chi connectivity index (χ3n) is 3.08. The third-order valence-corrected chi connectivity index (χ3v) is 3.08. The second-order valence-electron chi connectivity index (χ2n) is 5.30. The molecule has 0 aromatic heterocycles. The van der Waals surface area contributed by atoms with E-state index in [4.69, 9.17) is 29.4 Å². The quantitative estimate of drug-likeness (QED) is 0.300. The van der Waals surface area contributed by atoms with E-state index < -0.39 is 0 Å². The number of hydrogen-bond donors (Lipinski definition) is 2. The van der Waals surface area contributed by atoms with Gasteiger partial charge in [-0.3, -0.25) is 4.79 Å². The van der Waals surface area contributed by atoms with E-state index in [2.05, 4.69) is 12.2 Å². The van der Waals surface area contributed by atoms with Crippen LogP contribution < -0.4 is 11.1 Å². The Labute approximate surface area is 151 Å². The van der Waals surface area contributed by atoms with Crippen molar-refractivity contribution in [2.75, 3.05) is 79.2 Å². The molecule has 0 rings (SSSR count). The summed E-state index contributed by atoms with van der Waals surface area (Å²) in [6.45, 7) is 8.53. The number of hydrogen-bond acceptors (Lipinski definition) is 7. The molecule has 0 radical (unpaired) electrons. The highest BCUT2D eigenvalue weighted by Gasteiger charge is 2.00. The van der Waals surface area contributed by atoms with Crippen LogP contribution in [-0.2, 0) is 28.5 Å². The molecule has 0 bridgehead atoms. The molecule has 0 spiro atoms. The van der Waals surface area contributed by atoms with Crippen molar-refractivity contribution < 1.29 is 28.5 Å². The standard InChI is InChI=1S/C17H36N2O6/c1-2-3-6-19-17(20)4-7-21-9-11-23-13-15-25-16-14-24-12-10-22-8-5-18/h2-16,18H2,1H3,(H,19,20). The van der Waals surface area contributed by atoms with Crippen molar-refractivity contribution in [2.24, 2.45) is 5.73 Å². The molecule has 0 atom stereocenters. The van der Waals surface area contributed by atoms with Crippen LogP contribution in [0.3, 0.4) is 0 Å². The van der Waals surface area contributed by atoms with Crippen LogP contribution in [-0.4, -0.2) is 85.1 Å². The summed E-state index contributed by atoms with van der Waals surface area (Å²) >= 11 is 0. The van der Waals surface area contributed by atoms with Crippen LogP contribution in [0.4, 0.5) is 0 Å². The Morgan fingerprint density at radius 2 is 1.20 bits per heavy atom. The SMILES string of the molecule is CCCCNC(=O)CCOCCOCCOCCOCCOCCN. The number of carbonyl (C=O) groups excluding carboxylic acids is 1. The predicted octanol–water partition coefficient (Wildman–Crippen LogP) is 0.335. The van der Waals surface area contributed by atoms with Crippen molar-refractivity contribution in [3.8, 4) is 0 Å². The van der Waals surface area contributed by atoms with Crippen LogP contribution in [0.15, 0.2) is 0 Å². The van der Waals surface area contributed by atoms with E-state index in [1.807, 2.05) is 0 Å². The zero-order chi connectivity index (χ0) is 18.4. The normalized spacial score (nSPS) is 11.0. The highest BCUT2D eigenvalue weighted by atomic mass is 16.6. The van der Waals surface area contributed by atoms with E-state index in [1.54, 1.807) is 0 Å². The van der Waals surface area contributed by atoms with Crippen LogP contribution in [0.25, 0.3) is 0 Å². The van der Waals surface area contributed by atoms with Gasteiger partial charge in [0.25, 0.3) is 0 Å². The molecule has 0 saturated carbocycles. The first-order valence-corrected chi connectivity index (χ1v) is 9.16. The van der Waals surface area contributed by atoms with Crippen LogP contribution in [0.5, 0.6) is 0 Å². The first kappa shape index (κ1) is 24.2. The molecule has 0 aliphatic heterocycles. The van der Waals surface area contributed by atoms with Gasteiger partial charge in [-0.1, -0.05) is 13.3 Å². The molecular weight excluding hydrogens is 328 g/mol. The number of unbranched alkanes of at least 4 members (excludes halogenated alkanes) is 1. The fourth-order valence-electron chi connectivity index (χ4n) is 1.72. The molecule has 0 heterocycles. The molecule has 8 heteroatoms. The monoisotopic (exact) mass is 364 g/mol. The maximum absolute atomic E-state index is 11.4. The van der Waals surface area contributed by atoms with Crippen LogP contribution in [0.2, 0.25) is 0 Å². The van der Waals surface area contributed by atoms with Gasteiger partial charge < -0.3 is 34.7 Å². The number of nitrogens with two attached hydrogens (primary N) is 1. The molecule has 0 aromatic rings. The van der Waals surface area contributed by atoms with Gasteiger partial charge in [0.2, 0.25) is 5.91 Å². The second-order valence-corrected chi connectivity index (χ2v) is 5.30. The van der Waals surface area contributed by atoms with Gasteiger partial charge >= 0.3 is 0 Å². The maximum Gasteiger partial charge on any atom is 0.222 e. The maximum atomic E-state index is 11.4. The smallest absolute Gasteiger partial charge is 0.222 e. The summed E-state index contributed by atoms with van der Waals surface area (Å²) < 4.78 is 26.6. The fourth-order valence-corrected chi connectivity index (χ4v) is 1.72. The molecule has 0 aromatic carbocycles. The van der Waals surface area contributed by atoms with E-state index >= 15 is 0 Å². The average Bonchev–Trinajstić information content (AvgIpc) is 2.61. The van der Waals surface area contributed by atoms with Gasteiger partial charge in [-0.25, -0.2) is 0 Å². The molecule has 8 nitrogen and oxygen atoms in total. The summed E-state index contributed by atoms with van der Waals surface area (Å²) in [5.74, 6) is 0.0379. The van der Waals surface area contributed by atoms with E-state index in [0.29, 0.717) is 79.0 Å². The van der Waals surface area contributed by atoms with Crippen molar-refractivity contribution >= 4 is 5.91 Å². The first-order chi connectivity index (χ1) is 12.3. The minimum Gasteiger partial charge on any atom is -0.379 e. The first-order valence-electron chi connectivity index (χ1n) is 9.16. The summed E-state index contributed by atoms with van der Waals surface area (Å²) in [5.41, 5.74) is 5.29. The highest BCUT2D eigenvalue weighted by molar-refractivity contribution is 5.75. The predicted molar refractivity (Wildman–Crippen MR) is 95.7 cm³/mol. The Balaban J connectivity index is 3.06. The fraction of sp³-hybridized carbons (Fsp3) is 0.941. The second kappa shape index (κ2) is 21.3. The number of nitrogens with one attached hydrogen (secondary N) is 1. The largest absolute Gasteiger partial charge is 0.379 e. The number of amides is 1. The lowest BCUT2D eigenvalue weighted by atomic mass is 10.3. The summed E-state index contributed by atoms with van der Waals surface area (Å²) in [6, 6.07) is 0. The lowest BCUT2D eigenvalue weighted by molar-refractivity contribution is -0.122. The zero-order valence-corrected chi connectivity index (χ0v) is 15.6. The molecule has 0 unspecified atom stereocenters. The van der Waals surface area contributed by atoms with Crippen LogP contribution in [0.1, 0.15) is 26.2 Å². The van der Waals surface area contributed by atoms with Gasteiger partial charge in [0.15, 0.2) is 0 Å². The molecule has 150 valence electrons. The van der Waals surface area contributed by atoms with Crippen molar-refractivity contribution in [1.29, 1.82) is 0 Å². The van der Waals surface area contributed by atoms with Gasteiger partial charge in [-0.05, 0) is 6.42 Å². The molecule has 0 aliphatic carbocycles. The number of carbonyl (C=O) groups is 1. The minimum atomic E-state index is 0.0379. The van der Waals surface area contributed by atoms with Gasteiger partial charge in [0.05, 0.1) is 66.1 Å². The molecular formula is C17H36N2O6.